The highest BCUT2D eigenvalue weighted by atomic mass is 32.2. The zero-order valence-corrected chi connectivity index (χ0v) is 22.0. The van der Waals surface area contributed by atoms with E-state index in [1.807, 2.05) is 44.4 Å². The number of imidazole rings is 1. The average Bonchev–Trinajstić information content (AvgIpc) is 3.42. The maximum Gasteiger partial charge on any atom is 0.490 e. The first kappa shape index (κ1) is 28.2. The number of halogens is 3. The monoisotopic (exact) mass is 570 g/mol. The normalized spacial score (nSPS) is 11.7. The Morgan fingerprint density at radius 2 is 1.78 bits per heavy atom. The van der Waals surface area contributed by atoms with Crippen LogP contribution in [-0.2, 0) is 14.6 Å². The number of aromatic nitrogens is 2. The summed E-state index contributed by atoms with van der Waals surface area (Å²) < 4.78 is 59.6. The van der Waals surface area contributed by atoms with E-state index in [4.69, 9.17) is 21.0 Å². The molecular formula is C23H21F3N4O4S3. The van der Waals surface area contributed by atoms with Gasteiger partial charge in [0.2, 0.25) is 9.84 Å². The van der Waals surface area contributed by atoms with Crippen LogP contribution in [0.1, 0.15) is 16.3 Å². The highest BCUT2D eigenvalue weighted by Crippen LogP contribution is 2.39. The number of aryl methyl sites for hydroxylation is 2. The number of carboxylic acid groups (broad SMARTS) is 1. The summed E-state index contributed by atoms with van der Waals surface area (Å²) in [5.41, 5.74) is 9.74. The predicted octanol–water partition coefficient (Wildman–Crippen LogP) is 5.38. The molecule has 14 heteroatoms. The summed E-state index contributed by atoms with van der Waals surface area (Å²) in [6, 6.07) is 12.6. The number of carboxylic acids is 1. The van der Waals surface area contributed by atoms with Crippen molar-refractivity contribution in [2.75, 3.05) is 6.26 Å². The lowest BCUT2D eigenvalue weighted by molar-refractivity contribution is -0.192. The number of rotatable bonds is 5. The van der Waals surface area contributed by atoms with Crippen LogP contribution in [0, 0.1) is 19.3 Å². The number of aromatic amines is 1. The lowest BCUT2D eigenvalue weighted by Crippen LogP contribution is -2.21. The van der Waals surface area contributed by atoms with Crippen molar-refractivity contribution in [1.82, 2.24) is 9.97 Å². The summed E-state index contributed by atoms with van der Waals surface area (Å²) in [7, 11) is -3.83. The van der Waals surface area contributed by atoms with Gasteiger partial charge in [-0.05, 0) is 49.4 Å². The van der Waals surface area contributed by atoms with Gasteiger partial charge in [-0.2, -0.15) is 13.2 Å². The molecule has 4 aromatic rings. The van der Waals surface area contributed by atoms with Crippen LogP contribution in [0.25, 0.3) is 22.2 Å². The quantitative estimate of drug-likeness (QED) is 0.143. The third-order valence-corrected chi connectivity index (χ3v) is 9.39. The van der Waals surface area contributed by atoms with Crippen LogP contribution in [0.15, 0.2) is 56.5 Å². The van der Waals surface area contributed by atoms with E-state index in [0.717, 1.165) is 22.2 Å². The second-order valence-corrected chi connectivity index (χ2v) is 11.7. The number of hydrogen-bond acceptors (Lipinski definition) is 7. The maximum atomic E-state index is 13.6. The van der Waals surface area contributed by atoms with Crippen molar-refractivity contribution >= 4 is 55.8 Å². The van der Waals surface area contributed by atoms with Gasteiger partial charge in [0, 0.05) is 5.56 Å². The Morgan fingerprint density at radius 1 is 1.16 bits per heavy atom. The number of nitrogens with one attached hydrogen (secondary N) is 2. The molecule has 2 aromatic carbocycles. The molecule has 0 unspecified atom stereocenters. The number of benzene rings is 2. The second kappa shape index (κ2) is 10.6. The molecule has 0 spiro atoms. The SMILES string of the molecule is CSc1sc(C(=N)N)cc1S(=O)(=O)c1cc(-c2ccccc2C)c2nc(C)[nH]c2c1.O=C(O)C(F)(F)F. The van der Waals surface area contributed by atoms with Crippen molar-refractivity contribution < 1.29 is 31.5 Å². The number of sulfone groups is 1. The molecule has 2 heterocycles. The third kappa shape index (κ3) is 5.97. The van der Waals surface area contributed by atoms with E-state index in [9.17, 15) is 21.6 Å². The molecule has 196 valence electrons. The summed E-state index contributed by atoms with van der Waals surface area (Å²) in [6.07, 6.45) is -3.27. The fraction of sp³-hybridized carbons (Fsp3) is 0.174. The van der Waals surface area contributed by atoms with Gasteiger partial charge >= 0.3 is 12.1 Å². The number of nitrogens with two attached hydrogens (primary N) is 1. The van der Waals surface area contributed by atoms with Crippen molar-refractivity contribution in [3.63, 3.8) is 0 Å². The summed E-state index contributed by atoms with van der Waals surface area (Å²) in [4.78, 5) is 17.5. The lowest BCUT2D eigenvalue weighted by atomic mass is 9.99. The van der Waals surface area contributed by atoms with Crippen molar-refractivity contribution in [1.29, 1.82) is 5.41 Å². The standard InChI is InChI=1S/C21H20N4O2S3.C2HF3O2/c1-11-6-4-5-7-14(11)15-8-13(9-16-19(15)25-12(2)24-16)30(26,27)18-10-17(20(22)23)29-21(18)28-3;3-2(4,5)1(6)7/h4-10H,1-3H3,(H3,22,23)(H,24,25);(H,6,7). The van der Waals surface area contributed by atoms with Gasteiger partial charge in [-0.15, -0.1) is 23.1 Å². The van der Waals surface area contributed by atoms with E-state index in [0.29, 0.717) is 20.4 Å². The van der Waals surface area contributed by atoms with Gasteiger partial charge in [-0.3, -0.25) is 5.41 Å². The summed E-state index contributed by atoms with van der Waals surface area (Å²) >= 11 is 2.55. The number of thioether (sulfide) groups is 1. The van der Waals surface area contributed by atoms with Gasteiger partial charge in [0.25, 0.3) is 0 Å². The van der Waals surface area contributed by atoms with Crippen LogP contribution < -0.4 is 5.73 Å². The number of amidine groups is 1. The van der Waals surface area contributed by atoms with E-state index in [2.05, 4.69) is 9.97 Å². The van der Waals surface area contributed by atoms with Gasteiger partial charge in [0.1, 0.15) is 11.7 Å². The number of H-pyrrole nitrogens is 1. The minimum Gasteiger partial charge on any atom is -0.475 e. The number of hydrogen-bond donors (Lipinski definition) is 4. The molecule has 0 aliphatic rings. The first-order chi connectivity index (χ1) is 17.2. The van der Waals surface area contributed by atoms with Crippen LogP contribution in [0.2, 0.25) is 0 Å². The smallest absolute Gasteiger partial charge is 0.475 e. The Hall–Kier alpha value is -3.36. The molecule has 0 amide bonds. The topological polar surface area (TPSA) is 150 Å². The van der Waals surface area contributed by atoms with E-state index >= 15 is 0 Å². The number of aliphatic carboxylic acids is 1. The summed E-state index contributed by atoms with van der Waals surface area (Å²) in [6.45, 7) is 3.84. The average molecular weight is 571 g/mol. The van der Waals surface area contributed by atoms with Gasteiger partial charge in [0.15, 0.2) is 0 Å². The molecule has 4 rings (SSSR count). The molecular weight excluding hydrogens is 549 g/mol. The highest BCUT2D eigenvalue weighted by Gasteiger charge is 2.38. The van der Waals surface area contributed by atoms with E-state index in [1.54, 1.807) is 12.1 Å². The molecule has 0 atom stereocenters. The number of carbonyl (C=O) groups is 1. The number of fused-ring (bicyclic) bond motifs is 1. The van der Waals surface area contributed by atoms with E-state index in [1.165, 1.54) is 29.2 Å². The number of nitrogen functional groups attached to an aromatic ring is 1. The first-order valence-electron chi connectivity index (χ1n) is 10.3. The molecule has 0 aliphatic heterocycles. The summed E-state index contributed by atoms with van der Waals surface area (Å²) in [5, 5.41) is 14.8. The van der Waals surface area contributed by atoms with Crippen molar-refractivity contribution in [2.45, 2.75) is 34.0 Å². The van der Waals surface area contributed by atoms with E-state index in [-0.39, 0.29) is 15.6 Å². The van der Waals surface area contributed by atoms with Gasteiger partial charge in [-0.25, -0.2) is 18.2 Å². The fourth-order valence-electron chi connectivity index (χ4n) is 3.40. The Labute approximate surface area is 218 Å². The van der Waals surface area contributed by atoms with Crippen molar-refractivity contribution in [3.05, 3.63) is 58.7 Å². The Kier molecular flexibility index (Phi) is 8.05. The Bertz CT molecular complexity index is 1610. The van der Waals surface area contributed by atoms with Crippen molar-refractivity contribution in [2.24, 2.45) is 5.73 Å². The number of thiophene rings is 1. The molecule has 0 radical (unpaired) electrons. The molecule has 0 fully saturated rings. The number of alkyl halides is 3. The second-order valence-electron chi connectivity index (χ2n) is 7.69. The first-order valence-corrected chi connectivity index (χ1v) is 13.8. The predicted molar refractivity (Wildman–Crippen MR) is 137 cm³/mol. The van der Waals surface area contributed by atoms with Gasteiger partial charge < -0.3 is 15.8 Å². The van der Waals surface area contributed by atoms with Crippen LogP contribution in [-0.4, -0.2) is 47.7 Å². The largest absolute Gasteiger partial charge is 0.490 e. The zero-order valence-electron chi connectivity index (χ0n) is 19.6. The van der Waals surface area contributed by atoms with Crippen LogP contribution in [0.5, 0.6) is 0 Å². The molecule has 0 aliphatic carbocycles. The van der Waals surface area contributed by atoms with Gasteiger partial charge in [-0.1, -0.05) is 24.3 Å². The Balaban J connectivity index is 0.000000479. The molecule has 5 N–H and O–H groups in total. The molecule has 37 heavy (non-hydrogen) atoms. The Morgan fingerprint density at radius 3 is 2.32 bits per heavy atom. The van der Waals surface area contributed by atoms with Crippen LogP contribution in [0.4, 0.5) is 13.2 Å². The molecule has 0 bridgehead atoms. The molecule has 2 aromatic heterocycles. The third-order valence-electron chi connectivity index (χ3n) is 5.07. The van der Waals surface area contributed by atoms with Crippen LogP contribution in [0.3, 0.4) is 0 Å². The van der Waals surface area contributed by atoms with Gasteiger partial charge in [0.05, 0.1) is 29.9 Å². The molecule has 0 saturated carbocycles. The highest BCUT2D eigenvalue weighted by molar-refractivity contribution is 8.01. The minimum atomic E-state index is -5.08. The molecule has 0 saturated heterocycles. The number of nitrogens with zero attached hydrogens (tertiary/aromatic N) is 1. The fourth-order valence-corrected chi connectivity index (χ4v) is 7.31. The van der Waals surface area contributed by atoms with Crippen molar-refractivity contribution in [3.8, 4) is 11.1 Å². The van der Waals surface area contributed by atoms with E-state index < -0.39 is 22.0 Å². The lowest BCUT2D eigenvalue weighted by Gasteiger charge is -2.11. The molecule has 8 nitrogen and oxygen atoms in total. The van der Waals surface area contributed by atoms with Crippen LogP contribution >= 0.6 is 23.1 Å². The summed E-state index contributed by atoms with van der Waals surface area (Å²) in [5.74, 6) is -2.18. The maximum absolute atomic E-state index is 13.6. The minimum absolute atomic E-state index is 0.142. The zero-order chi connectivity index (χ0) is 27.7.